The zero-order valence-electron chi connectivity index (χ0n) is 17.1. The molecule has 3 heteroatoms. The van der Waals surface area contributed by atoms with E-state index in [1.807, 2.05) is 18.2 Å². The molecule has 2 aromatic rings. The highest BCUT2D eigenvalue weighted by molar-refractivity contribution is 6.90. The number of halogens is 1. The van der Waals surface area contributed by atoms with E-state index in [9.17, 15) is 4.39 Å². The van der Waals surface area contributed by atoms with Gasteiger partial charge in [0.25, 0.3) is 0 Å². The minimum absolute atomic E-state index is 0.233. The van der Waals surface area contributed by atoms with Crippen molar-refractivity contribution in [1.29, 1.82) is 0 Å². The molecule has 0 unspecified atom stereocenters. The zero-order chi connectivity index (χ0) is 19.5. The second kappa shape index (κ2) is 8.37. The third-order valence-electron chi connectivity index (χ3n) is 5.61. The van der Waals surface area contributed by atoms with Gasteiger partial charge in [-0.25, -0.2) is 4.39 Å². The summed E-state index contributed by atoms with van der Waals surface area (Å²) in [6, 6.07) is 9.38. The van der Waals surface area contributed by atoms with Gasteiger partial charge in [-0.15, -0.1) is 5.54 Å². The van der Waals surface area contributed by atoms with E-state index in [1.165, 1.54) is 6.07 Å². The van der Waals surface area contributed by atoms with Crippen LogP contribution >= 0.6 is 0 Å². The Labute approximate surface area is 159 Å². The molecular weight excluding hydrogens is 339 g/mol. The Balaban J connectivity index is 2.64. The monoisotopic (exact) mass is 370 g/mol. The highest BCUT2D eigenvalue weighted by atomic mass is 28.3. The Morgan fingerprint density at radius 2 is 1.58 bits per heavy atom. The molecule has 26 heavy (non-hydrogen) atoms. The van der Waals surface area contributed by atoms with Crippen LogP contribution in [0, 0.1) is 17.3 Å². The molecule has 0 radical (unpaired) electrons. The first-order valence-corrected chi connectivity index (χ1v) is 11.7. The Hall–Kier alpha value is -1.63. The molecule has 0 aliphatic carbocycles. The normalized spacial score (nSPS) is 12.1. The lowest BCUT2D eigenvalue weighted by Crippen LogP contribution is -2.43. The van der Waals surface area contributed by atoms with Gasteiger partial charge in [0.15, 0.2) is 0 Å². The molecular formula is C23H31FOSi. The van der Waals surface area contributed by atoms with Gasteiger partial charge < -0.3 is 4.74 Å². The smallest absolute Gasteiger partial charge is 0.146 e. The van der Waals surface area contributed by atoms with Crippen LogP contribution in [0.1, 0.15) is 52.7 Å². The summed E-state index contributed by atoms with van der Waals surface area (Å²) in [5.74, 6) is 3.07. The van der Waals surface area contributed by atoms with E-state index in [4.69, 9.17) is 4.74 Å². The number of methoxy groups -OCH3 is 1. The van der Waals surface area contributed by atoms with Gasteiger partial charge in [-0.2, -0.15) is 0 Å². The van der Waals surface area contributed by atoms with Crippen LogP contribution in [0.15, 0.2) is 30.3 Å². The van der Waals surface area contributed by atoms with Crippen molar-refractivity contribution in [2.45, 2.75) is 64.8 Å². The first kappa shape index (κ1) is 20.7. The van der Waals surface area contributed by atoms with Crippen molar-refractivity contribution in [2.24, 2.45) is 0 Å². The first-order valence-electron chi connectivity index (χ1n) is 9.47. The van der Waals surface area contributed by atoms with Crippen molar-refractivity contribution in [1.82, 2.24) is 0 Å². The maximum atomic E-state index is 14.6. The third-order valence-corrected chi connectivity index (χ3v) is 11.9. The molecule has 140 valence electrons. The predicted octanol–water partition coefficient (Wildman–Crippen LogP) is 6.69. The first-order chi connectivity index (χ1) is 12.2. The van der Waals surface area contributed by atoms with Crippen molar-refractivity contribution in [3.05, 3.63) is 47.3 Å². The van der Waals surface area contributed by atoms with Gasteiger partial charge in [-0.3, -0.25) is 0 Å². The molecule has 0 heterocycles. The molecule has 1 nitrogen and oxygen atoms in total. The summed E-state index contributed by atoms with van der Waals surface area (Å²) < 4.78 is 19.8. The van der Waals surface area contributed by atoms with Crippen molar-refractivity contribution < 1.29 is 9.13 Å². The van der Waals surface area contributed by atoms with E-state index in [2.05, 4.69) is 59.1 Å². The fourth-order valence-electron chi connectivity index (χ4n) is 4.34. The maximum absolute atomic E-state index is 14.6. The Morgan fingerprint density at radius 3 is 2.12 bits per heavy atom. The topological polar surface area (TPSA) is 9.23 Å². The van der Waals surface area contributed by atoms with Gasteiger partial charge in [-0.05, 0) is 39.7 Å². The number of fused-ring (bicyclic) bond motifs is 1. The molecule has 0 atom stereocenters. The maximum Gasteiger partial charge on any atom is 0.146 e. The largest absolute Gasteiger partial charge is 0.380 e. The summed E-state index contributed by atoms with van der Waals surface area (Å²) in [5, 5.41) is 1.90. The van der Waals surface area contributed by atoms with Crippen molar-refractivity contribution >= 4 is 18.8 Å². The Kier molecular flexibility index (Phi) is 6.66. The summed E-state index contributed by atoms with van der Waals surface area (Å²) in [7, 11) is -0.212. The van der Waals surface area contributed by atoms with Crippen LogP contribution in [0.2, 0.25) is 16.6 Å². The van der Waals surface area contributed by atoms with E-state index in [0.29, 0.717) is 28.8 Å². The number of rotatable bonds is 5. The van der Waals surface area contributed by atoms with Crippen molar-refractivity contribution in [2.75, 3.05) is 7.11 Å². The number of hydrogen-bond donors (Lipinski definition) is 0. The third kappa shape index (κ3) is 3.87. The molecule has 0 aromatic heterocycles. The predicted molar refractivity (Wildman–Crippen MR) is 113 cm³/mol. The summed E-state index contributed by atoms with van der Waals surface area (Å²) in [6.45, 7) is 14.2. The molecule has 0 fully saturated rings. The minimum Gasteiger partial charge on any atom is -0.380 e. The number of hydrogen-bond acceptors (Lipinski definition) is 1. The van der Waals surface area contributed by atoms with Gasteiger partial charge in [-0.1, -0.05) is 65.7 Å². The number of benzene rings is 2. The molecule has 0 N–H and O–H groups in total. The van der Waals surface area contributed by atoms with Crippen LogP contribution in [0.3, 0.4) is 0 Å². The second-order valence-electron chi connectivity index (χ2n) is 8.06. The van der Waals surface area contributed by atoms with Crippen LogP contribution in [0.4, 0.5) is 4.39 Å². The molecule has 0 spiro atoms. The van der Waals surface area contributed by atoms with Gasteiger partial charge in [0.2, 0.25) is 0 Å². The van der Waals surface area contributed by atoms with Gasteiger partial charge >= 0.3 is 0 Å². The van der Waals surface area contributed by atoms with Gasteiger partial charge in [0.05, 0.1) is 12.2 Å². The molecule has 0 bridgehead atoms. The minimum atomic E-state index is -1.89. The standard InChI is InChI=1S/C23H31FOSi/c1-16(2)26(17(3)4,18(5)6)13-12-22-21-10-8-19(15-25-7)14-20(21)9-11-23(22)24/h8-11,14,16-18H,15H2,1-7H3. The van der Waals surface area contributed by atoms with E-state index >= 15 is 0 Å². The van der Waals surface area contributed by atoms with Crippen LogP contribution in [0.25, 0.3) is 10.8 Å². The SMILES string of the molecule is COCc1ccc2c(C#C[Si](C(C)C)(C(C)C)C(C)C)c(F)ccc2c1. The van der Waals surface area contributed by atoms with Crippen molar-refractivity contribution in [3.8, 4) is 11.5 Å². The summed E-state index contributed by atoms with van der Waals surface area (Å²) >= 11 is 0. The lowest BCUT2D eigenvalue weighted by Gasteiger charge is -2.38. The summed E-state index contributed by atoms with van der Waals surface area (Å²) in [4.78, 5) is 0. The fraction of sp³-hybridized carbons (Fsp3) is 0.478. The fourth-order valence-corrected chi connectivity index (χ4v) is 9.55. The highest BCUT2D eigenvalue weighted by Crippen LogP contribution is 2.41. The quantitative estimate of drug-likeness (QED) is 0.420. The average Bonchev–Trinajstić information content (AvgIpc) is 2.56. The van der Waals surface area contributed by atoms with Crippen LogP contribution in [-0.4, -0.2) is 15.2 Å². The molecule has 0 saturated heterocycles. The highest BCUT2D eigenvalue weighted by Gasteiger charge is 2.41. The second-order valence-corrected chi connectivity index (χ2v) is 13.6. The van der Waals surface area contributed by atoms with Gasteiger partial charge in [0, 0.05) is 12.5 Å². The summed E-state index contributed by atoms with van der Waals surface area (Å²) in [6.07, 6.45) is 0. The van der Waals surface area contributed by atoms with E-state index in [1.54, 1.807) is 7.11 Å². The lowest BCUT2D eigenvalue weighted by molar-refractivity contribution is 0.185. The van der Waals surface area contributed by atoms with Gasteiger partial charge in [0.1, 0.15) is 13.9 Å². The molecule has 0 amide bonds. The van der Waals surface area contributed by atoms with Crippen LogP contribution in [0.5, 0.6) is 0 Å². The van der Waals surface area contributed by atoms with Crippen LogP contribution < -0.4 is 0 Å². The molecule has 2 rings (SSSR count). The average molecular weight is 371 g/mol. The molecule has 0 aliphatic heterocycles. The Morgan fingerprint density at radius 1 is 0.962 bits per heavy atom. The van der Waals surface area contributed by atoms with E-state index in [0.717, 1.165) is 16.3 Å². The van der Waals surface area contributed by atoms with Crippen molar-refractivity contribution in [3.63, 3.8) is 0 Å². The molecule has 0 aliphatic rings. The molecule has 0 saturated carbocycles. The summed E-state index contributed by atoms with van der Waals surface area (Å²) in [5.41, 5.74) is 6.85. The lowest BCUT2D eigenvalue weighted by atomic mass is 10.0. The number of ether oxygens (including phenoxy) is 1. The van der Waals surface area contributed by atoms with E-state index < -0.39 is 8.07 Å². The van der Waals surface area contributed by atoms with E-state index in [-0.39, 0.29) is 5.82 Å². The molecule has 2 aromatic carbocycles. The Bertz CT molecular complexity index is 805. The zero-order valence-corrected chi connectivity index (χ0v) is 18.1. The van der Waals surface area contributed by atoms with Crippen LogP contribution in [-0.2, 0) is 11.3 Å².